The summed E-state index contributed by atoms with van der Waals surface area (Å²) < 4.78 is 5.54. The summed E-state index contributed by atoms with van der Waals surface area (Å²) in [5, 5.41) is 12.5. The normalized spacial score (nSPS) is 27.9. The third kappa shape index (κ3) is 4.39. The molecule has 0 bridgehead atoms. The van der Waals surface area contributed by atoms with Crippen LogP contribution in [0.1, 0.15) is 40.3 Å². The molecule has 48 heavy (non-hydrogen) atoms. The van der Waals surface area contributed by atoms with Crippen LogP contribution >= 0.6 is 11.3 Å². The molecule has 1 N–H and O–H groups in total. The monoisotopic (exact) mass is 655 g/mol. The number of aromatic hydroxyl groups is 1. The van der Waals surface area contributed by atoms with Gasteiger partial charge in [-0.2, -0.15) is 0 Å². The number of hydrogen-bond donors (Lipinski definition) is 1. The lowest BCUT2D eigenvalue weighted by Crippen LogP contribution is -2.58. The predicted octanol–water partition coefficient (Wildman–Crippen LogP) is 6.49. The number of imide groups is 1. The van der Waals surface area contributed by atoms with E-state index in [0.29, 0.717) is 28.7 Å². The van der Waals surface area contributed by atoms with E-state index in [-0.39, 0.29) is 47.8 Å². The number of allylic oxidation sites excluding steroid dienone is 4. The maximum atomic E-state index is 15.1. The number of fused-ring (bicyclic) bond motifs is 4. The number of rotatable bonds is 6. The van der Waals surface area contributed by atoms with Gasteiger partial charge in [0.1, 0.15) is 0 Å². The first-order chi connectivity index (χ1) is 23.3. The quantitative estimate of drug-likeness (QED) is 0.188. The minimum atomic E-state index is -1.34. The first kappa shape index (κ1) is 30.3. The molecule has 3 aliphatic carbocycles. The molecule has 2 heterocycles. The summed E-state index contributed by atoms with van der Waals surface area (Å²) in [5.74, 6) is -3.70. The van der Waals surface area contributed by atoms with E-state index >= 15 is 4.79 Å². The van der Waals surface area contributed by atoms with Gasteiger partial charge in [0.15, 0.2) is 23.1 Å². The van der Waals surface area contributed by atoms with Gasteiger partial charge >= 0.3 is 0 Å². The van der Waals surface area contributed by atoms with Crippen LogP contribution in [0.4, 0.5) is 0 Å². The second-order valence-corrected chi connectivity index (χ2v) is 14.1. The van der Waals surface area contributed by atoms with Gasteiger partial charge in [0.2, 0.25) is 11.8 Å². The molecule has 1 saturated heterocycles. The van der Waals surface area contributed by atoms with Crippen molar-refractivity contribution in [1.29, 1.82) is 0 Å². The minimum absolute atomic E-state index is 0.0466. The van der Waals surface area contributed by atoms with Crippen molar-refractivity contribution < 1.29 is 29.0 Å². The standard InChI is InChI=1S/C40H33NO6S/c1-47-33-19-24(14-17-32(33)42)36-27-15-16-28-35(39(46)41(38(28)45)22-26-13-8-18-48-26)30(27)20-31-37(44)29(23-9-4-2-5-10-23)21-34(43)40(31,36)25-11-6-3-7-12-25/h2-15,17-19,21,28,30-31,35-36,42H,16,20,22H2,1H3. The molecule has 1 saturated carbocycles. The van der Waals surface area contributed by atoms with E-state index in [1.54, 1.807) is 18.2 Å². The van der Waals surface area contributed by atoms with E-state index in [1.807, 2.05) is 84.3 Å². The molecule has 7 nitrogen and oxygen atoms in total. The van der Waals surface area contributed by atoms with Crippen LogP contribution in [0.3, 0.4) is 0 Å². The van der Waals surface area contributed by atoms with Crippen molar-refractivity contribution in [2.45, 2.75) is 30.7 Å². The molecule has 4 aromatic rings. The van der Waals surface area contributed by atoms with Crippen molar-refractivity contribution in [2.24, 2.45) is 23.7 Å². The van der Waals surface area contributed by atoms with Crippen molar-refractivity contribution >= 4 is 40.3 Å². The number of likely N-dealkylation sites (tertiary alicyclic amines) is 1. The molecular weight excluding hydrogens is 623 g/mol. The summed E-state index contributed by atoms with van der Waals surface area (Å²) in [7, 11) is 1.47. The molecule has 8 rings (SSSR count). The van der Waals surface area contributed by atoms with Crippen molar-refractivity contribution in [3.8, 4) is 11.5 Å². The number of hydrogen-bond acceptors (Lipinski definition) is 7. The number of phenols is 1. The van der Waals surface area contributed by atoms with E-state index in [1.165, 1.54) is 29.4 Å². The van der Waals surface area contributed by atoms with Crippen molar-refractivity contribution in [3.63, 3.8) is 0 Å². The Hall–Kier alpha value is -5.08. The predicted molar refractivity (Wildman–Crippen MR) is 181 cm³/mol. The molecule has 8 heteroatoms. The molecule has 1 aliphatic heterocycles. The molecule has 6 atom stereocenters. The number of carbonyl (C=O) groups excluding carboxylic acids is 4. The van der Waals surface area contributed by atoms with Gasteiger partial charge in [-0.3, -0.25) is 24.1 Å². The van der Waals surface area contributed by atoms with Gasteiger partial charge in [0.25, 0.3) is 0 Å². The molecule has 6 unspecified atom stereocenters. The number of ketones is 2. The number of amides is 2. The van der Waals surface area contributed by atoms with Crippen LogP contribution in [0.15, 0.2) is 114 Å². The summed E-state index contributed by atoms with van der Waals surface area (Å²) >= 11 is 1.50. The second-order valence-electron chi connectivity index (χ2n) is 13.1. The maximum Gasteiger partial charge on any atom is 0.234 e. The topological polar surface area (TPSA) is 101 Å². The Bertz CT molecular complexity index is 2020. The summed E-state index contributed by atoms with van der Waals surface area (Å²) in [5.41, 5.74) is 1.96. The maximum absolute atomic E-state index is 15.1. The number of nitrogens with zero attached hydrogens (tertiary/aromatic N) is 1. The van der Waals surface area contributed by atoms with E-state index < -0.39 is 35.0 Å². The molecule has 240 valence electrons. The van der Waals surface area contributed by atoms with Crippen LogP contribution < -0.4 is 4.74 Å². The smallest absolute Gasteiger partial charge is 0.234 e. The van der Waals surface area contributed by atoms with Crippen molar-refractivity contribution in [3.05, 3.63) is 136 Å². The third-order valence-electron chi connectivity index (χ3n) is 10.9. The van der Waals surface area contributed by atoms with Crippen LogP contribution in [0.25, 0.3) is 5.57 Å². The summed E-state index contributed by atoms with van der Waals surface area (Å²) in [6.07, 6.45) is 4.15. The number of Topliss-reactive ketones (excluding diaryl/α,β-unsaturated/α-hetero) is 1. The van der Waals surface area contributed by atoms with Crippen molar-refractivity contribution in [1.82, 2.24) is 4.90 Å². The number of phenolic OH excluding ortho intramolecular Hbond substituents is 1. The lowest BCUT2D eigenvalue weighted by Gasteiger charge is -2.55. The summed E-state index contributed by atoms with van der Waals surface area (Å²) in [4.78, 5) is 60.5. The Balaban J connectivity index is 1.35. The average Bonchev–Trinajstić information content (AvgIpc) is 3.72. The molecule has 2 amide bonds. The number of methoxy groups -OCH3 is 1. The van der Waals surface area contributed by atoms with E-state index in [2.05, 4.69) is 0 Å². The first-order valence-electron chi connectivity index (χ1n) is 16.2. The van der Waals surface area contributed by atoms with Crippen LogP contribution in [-0.2, 0) is 31.1 Å². The summed E-state index contributed by atoms with van der Waals surface area (Å²) in [6, 6.07) is 27.6. The van der Waals surface area contributed by atoms with E-state index in [4.69, 9.17) is 4.74 Å². The van der Waals surface area contributed by atoms with Gasteiger partial charge in [-0.15, -0.1) is 11.3 Å². The Morgan fingerprint density at radius 2 is 1.65 bits per heavy atom. The molecule has 1 aromatic heterocycles. The molecular formula is C40H33NO6S. The van der Waals surface area contributed by atoms with Gasteiger partial charge in [-0.05, 0) is 65.1 Å². The van der Waals surface area contributed by atoms with E-state index in [9.17, 15) is 19.5 Å². The third-order valence-corrected chi connectivity index (χ3v) is 11.8. The Kier molecular flexibility index (Phi) is 7.29. The molecule has 3 aromatic carbocycles. The highest BCUT2D eigenvalue weighted by Gasteiger charge is 2.65. The highest BCUT2D eigenvalue weighted by molar-refractivity contribution is 7.09. The summed E-state index contributed by atoms with van der Waals surface area (Å²) in [6.45, 7) is 0.221. The highest BCUT2D eigenvalue weighted by Crippen LogP contribution is 2.64. The fourth-order valence-corrected chi connectivity index (χ4v) is 9.60. The number of ether oxygens (including phenoxy) is 1. The highest BCUT2D eigenvalue weighted by atomic mass is 32.1. The number of benzene rings is 3. The average molecular weight is 656 g/mol. The van der Waals surface area contributed by atoms with E-state index in [0.717, 1.165) is 10.5 Å². The number of carbonyl (C=O) groups is 4. The van der Waals surface area contributed by atoms with Crippen LogP contribution in [0.5, 0.6) is 11.5 Å². The molecule has 0 radical (unpaired) electrons. The lowest BCUT2D eigenvalue weighted by molar-refractivity contribution is -0.141. The Morgan fingerprint density at radius 3 is 2.35 bits per heavy atom. The SMILES string of the molecule is COc1cc(C2C3=CCC4C(=O)N(Cc5cccs5)C(=O)C4C3CC3C(=O)C(c4ccccc4)=CC(=O)C32c2ccccc2)ccc1O. The molecule has 0 spiro atoms. The molecule has 2 fully saturated rings. The van der Waals surface area contributed by atoms with Gasteiger partial charge in [-0.1, -0.05) is 84.4 Å². The zero-order chi connectivity index (χ0) is 33.2. The fraction of sp³-hybridized carbons (Fsp3) is 0.250. The van der Waals surface area contributed by atoms with Gasteiger partial charge in [-0.25, -0.2) is 0 Å². The Labute approximate surface area is 282 Å². The molecule has 4 aliphatic rings. The first-order valence-corrected chi connectivity index (χ1v) is 17.1. The van der Waals surface area contributed by atoms with Crippen LogP contribution in [-0.4, -0.2) is 40.5 Å². The van der Waals surface area contributed by atoms with Gasteiger partial charge in [0.05, 0.1) is 30.9 Å². The number of thiophene rings is 1. The zero-order valence-electron chi connectivity index (χ0n) is 26.2. The minimum Gasteiger partial charge on any atom is -0.504 e. The van der Waals surface area contributed by atoms with Crippen LogP contribution in [0, 0.1) is 23.7 Å². The van der Waals surface area contributed by atoms with Crippen molar-refractivity contribution in [2.75, 3.05) is 7.11 Å². The van der Waals surface area contributed by atoms with Gasteiger partial charge < -0.3 is 9.84 Å². The fourth-order valence-electron chi connectivity index (χ4n) is 8.90. The second kappa shape index (κ2) is 11.6. The van der Waals surface area contributed by atoms with Crippen LogP contribution in [0.2, 0.25) is 0 Å². The lowest BCUT2D eigenvalue weighted by atomic mass is 9.44. The zero-order valence-corrected chi connectivity index (χ0v) is 27.1. The Morgan fingerprint density at radius 1 is 0.896 bits per heavy atom. The van der Waals surface area contributed by atoms with Gasteiger partial charge in [0, 0.05) is 22.3 Å². The largest absolute Gasteiger partial charge is 0.504 e.